The van der Waals surface area contributed by atoms with Crippen molar-refractivity contribution in [1.29, 1.82) is 0 Å². The van der Waals surface area contributed by atoms with Gasteiger partial charge in [-0.1, -0.05) is 0 Å². The summed E-state index contributed by atoms with van der Waals surface area (Å²) in [6.45, 7) is 1.11. The molecule has 0 atom stereocenters. The molecule has 0 bridgehead atoms. The van der Waals surface area contributed by atoms with Crippen molar-refractivity contribution < 1.29 is 13.2 Å². The maximum Gasteiger partial charge on any atom is 0.243 e. The van der Waals surface area contributed by atoms with Gasteiger partial charge in [0.2, 0.25) is 10.0 Å². The number of fused-ring (bicyclic) bond motifs is 1. The lowest BCUT2D eigenvalue weighted by molar-refractivity contribution is 0.335. The minimum atomic E-state index is -3.61. The van der Waals surface area contributed by atoms with Crippen LogP contribution in [-0.4, -0.2) is 41.1 Å². The van der Waals surface area contributed by atoms with Gasteiger partial charge in [0.05, 0.1) is 24.2 Å². The monoisotopic (exact) mass is 309 g/mol. The van der Waals surface area contributed by atoms with Crippen LogP contribution < -0.4 is 10.5 Å². The standard InChI is InChI=1S/C12H15N5O3S/c1-20-11-3-2-9(6-10(11)13)21(18,19)17-5-4-16-8-14-15-12(16)7-17/h2-3,6,8H,4-5,7,13H2,1H3. The van der Waals surface area contributed by atoms with Crippen LogP contribution in [0.5, 0.6) is 5.75 Å². The Labute approximate surface area is 122 Å². The van der Waals surface area contributed by atoms with E-state index in [1.54, 1.807) is 12.4 Å². The second kappa shape index (κ2) is 5.01. The van der Waals surface area contributed by atoms with Gasteiger partial charge in [0.15, 0.2) is 0 Å². The van der Waals surface area contributed by atoms with Gasteiger partial charge in [-0.15, -0.1) is 10.2 Å². The Hall–Kier alpha value is -2.13. The molecular weight excluding hydrogens is 294 g/mol. The maximum atomic E-state index is 12.6. The third-order valence-corrected chi connectivity index (χ3v) is 5.28. The third kappa shape index (κ3) is 2.34. The molecule has 0 unspecified atom stereocenters. The summed E-state index contributed by atoms with van der Waals surface area (Å²) >= 11 is 0. The van der Waals surface area contributed by atoms with Gasteiger partial charge in [0, 0.05) is 13.1 Å². The third-order valence-electron chi connectivity index (χ3n) is 3.44. The lowest BCUT2D eigenvalue weighted by atomic mass is 10.3. The summed E-state index contributed by atoms with van der Waals surface area (Å²) < 4.78 is 33.5. The molecule has 1 aromatic carbocycles. The molecule has 1 aliphatic rings. The second-order valence-electron chi connectivity index (χ2n) is 4.68. The highest BCUT2D eigenvalue weighted by Crippen LogP contribution is 2.27. The molecule has 2 aromatic rings. The Bertz CT molecular complexity index is 771. The van der Waals surface area contributed by atoms with E-state index in [0.29, 0.717) is 30.4 Å². The molecule has 0 saturated heterocycles. The van der Waals surface area contributed by atoms with Crippen molar-refractivity contribution in [3.63, 3.8) is 0 Å². The summed E-state index contributed by atoms with van der Waals surface area (Å²) in [6, 6.07) is 4.45. The largest absolute Gasteiger partial charge is 0.495 e. The highest BCUT2D eigenvalue weighted by molar-refractivity contribution is 7.89. The summed E-state index contributed by atoms with van der Waals surface area (Å²) in [6.07, 6.45) is 1.60. The molecule has 0 spiro atoms. The highest BCUT2D eigenvalue weighted by Gasteiger charge is 2.29. The molecule has 0 fully saturated rings. The molecule has 9 heteroatoms. The van der Waals surface area contributed by atoms with E-state index in [1.165, 1.54) is 23.5 Å². The molecule has 0 radical (unpaired) electrons. The molecule has 8 nitrogen and oxygen atoms in total. The average Bonchev–Trinajstić information content (AvgIpc) is 2.94. The molecule has 0 aliphatic carbocycles. The van der Waals surface area contributed by atoms with Crippen LogP contribution in [0.3, 0.4) is 0 Å². The number of nitrogens with two attached hydrogens (primary N) is 1. The number of methoxy groups -OCH3 is 1. The minimum Gasteiger partial charge on any atom is -0.495 e. The predicted molar refractivity (Wildman–Crippen MR) is 75.0 cm³/mol. The fourth-order valence-corrected chi connectivity index (χ4v) is 3.69. The van der Waals surface area contributed by atoms with Gasteiger partial charge in [-0.25, -0.2) is 8.42 Å². The molecule has 1 aliphatic heterocycles. The first-order valence-corrected chi connectivity index (χ1v) is 7.77. The smallest absolute Gasteiger partial charge is 0.243 e. The quantitative estimate of drug-likeness (QED) is 0.805. The molecular formula is C12H15N5O3S. The Morgan fingerprint density at radius 3 is 2.86 bits per heavy atom. The molecule has 2 heterocycles. The molecule has 1 aromatic heterocycles. The van der Waals surface area contributed by atoms with Gasteiger partial charge >= 0.3 is 0 Å². The molecule has 0 saturated carbocycles. The van der Waals surface area contributed by atoms with E-state index in [2.05, 4.69) is 10.2 Å². The first kappa shape index (κ1) is 13.8. The van der Waals surface area contributed by atoms with Crippen molar-refractivity contribution in [2.24, 2.45) is 0 Å². The zero-order valence-corrected chi connectivity index (χ0v) is 12.2. The Morgan fingerprint density at radius 1 is 1.33 bits per heavy atom. The van der Waals surface area contributed by atoms with Crippen molar-refractivity contribution in [3.8, 4) is 5.75 Å². The van der Waals surface area contributed by atoms with E-state index in [-0.39, 0.29) is 11.4 Å². The number of rotatable bonds is 3. The number of ether oxygens (including phenoxy) is 1. The Balaban J connectivity index is 1.93. The van der Waals surface area contributed by atoms with Crippen molar-refractivity contribution in [3.05, 3.63) is 30.4 Å². The van der Waals surface area contributed by atoms with E-state index in [9.17, 15) is 8.42 Å². The van der Waals surface area contributed by atoms with Gasteiger partial charge < -0.3 is 15.0 Å². The maximum absolute atomic E-state index is 12.6. The number of nitrogen functional groups attached to an aromatic ring is 1. The fraction of sp³-hybridized carbons (Fsp3) is 0.333. The number of sulfonamides is 1. The Kier molecular flexibility index (Phi) is 3.30. The van der Waals surface area contributed by atoms with Crippen LogP contribution in [0.4, 0.5) is 5.69 Å². The first-order valence-electron chi connectivity index (χ1n) is 6.32. The van der Waals surface area contributed by atoms with Crippen LogP contribution in [-0.2, 0) is 23.1 Å². The number of benzene rings is 1. The van der Waals surface area contributed by atoms with Gasteiger partial charge in [0.25, 0.3) is 0 Å². The van der Waals surface area contributed by atoms with E-state index < -0.39 is 10.0 Å². The number of nitrogens with zero attached hydrogens (tertiary/aromatic N) is 4. The first-order chi connectivity index (χ1) is 10.0. The lowest BCUT2D eigenvalue weighted by Gasteiger charge is -2.26. The van der Waals surface area contributed by atoms with Crippen LogP contribution in [0.2, 0.25) is 0 Å². The molecule has 2 N–H and O–H groups in total. The van der Waals surface area contributed by atoms with Crippen LogP contribution in [0.1, 0.15) is 5.82 Å². The zero-order valence-electron chi connectivity index (χ0n) is 11.4. The number of hydrogen-bond donors (Lipinski definition) is 1. The van der Waals surface area contributed by atoms with Crippen LogP contribution in [0.25, 0.3) is 0 Å². The summed E-state index contributed by atoms with van der Waals surface area (Å²) in [7, 11) is -2.13. The lowest BCUT2D eigenvalue weighted by Crippen LogP contribution is -2.38. The van der Waals surface area contributed by atoms with Crippen LogP contribution >= 0.6 is 0 Å². The highest BCUT2D eigenvalue weighted by atomic mass is 32.2. The zero-order chi connectivity index (χ0) is 15.0. The van der Waals surface area contributed by atoms with Crippen molar-refractivity contribution in [1.82, 2.24) is 19.1 Å². The molecule has 3 rings (SSSR count). The van der Waals surface area contributed by atoms with Crippen LogP contribution in [0, 0.1) is 0 Å². The minimum absolute atomic E-state index is 0.147. The second-order valence-corrected chi connectivity index (χ2v) is 6.62. The molecule has 112 valence electrons. The van der Waals surface area contributed by atoms with Gasteiger partial charge in [-0.3, -0.25) is 0 Å². The van der Waals surface area contributed by atoms with Crippen molar-refractivity contribution in [2.45, 2.75) is 18.0 Å². The van der Waals surface area contributed by atoms with Gasteiger partial charge in [-0.2, -0.15) is 4.31 Å². The number of hydrogen-bond acceptors (Lipinski definition) is 6. The van der Waals surface area contributed by atoms with Gasteiger partial charge in [-0.05, 0) is 18.2 Å². The van der Waals surface area contributed by atoms with Gasteiger partial charge in [0.1, 0.15) is 17.9 Å². The topological polar surface area (TPSA) is 103 Å². The SMILES string of the molecule is COc1ccc(S(=O)(=O)N2CCn3cnnc3C2)cc1N. The van der Waals surface area contributed by atoms with E-state index in [1.807, 2.05) is 4.57 Å². The fourth-order valence-electron chi connectivity index (χ4n) is 2.27. The summed E-state index contributed by atoms with van der Waals surface area (Å²) in [5, 5.41) is 7.71. The van der Waals surface area contributed by atoms with Crippen molar-refractivity contribution >= 4 is 15.7 Å². The summed E-state index contributed by atoms with van der Waals surface area (Å²) in [5.41, 5.74) is 6.07. The molecule has 21 heavy (non-hydrogen) atoms. The molecule has 0 amide bonds. The van der Waals surface area contributed by atoms with Crippen molar-refractivity contribution in [2.75, 3.05) is 19.4 Å². The predicted octanol–water partition coefficient (Wildman–Crippen LogP) is 0.0734. The normalized spacial score (nSPS) is 15.7. The van der Waals surface area contributed by atoms with E-state index in [4.69, 9.17) is 10.5 Å². The summed E-state index contributed by atoms with van der Waals surface area (Å²) in [4.78, 5) is 0.147. The average molecular weight is 309 g/mol. The van der Waals surface area contributed by atoms with E-state index in [0.717, 1.165) is 0 Å². The number of aromatic nitrogens is 3. The Morgan fingerprint density at radius 2 is 2.14 bits per heavy atom. The number of anilines is 1. The van der Waals surface area contributed by atoms with E-state index >= 15 is 0 Å². The van der Waals surface area contributed by atoms with Crippen LogP contribution in [0.15, 0.2) is 29.4 Å². The summed E-state index contributed by atoms with van der Waals surface area (Å²) in [5.74, 6) is 1.08.